The van der Waals surface area contributed by atoms with E-state index >= 15 is 0 Å². The number of amides is 3. The van der Waals surface area contributed by atoms with Crippen molar-refractivity contribution in [2.24, 2.45) is 0 Å². The molecule has 0 bridgehead atoms. The minimum absolute atomic E-state index is 0.00286. The van der Waals surface area contributed by atoms with Gasteiger partial charge in [0, 0.05) is 30.2 Å². The summed E-state index contributed by atoms with van der Waals surface area (Å²) in [5.74, 6) is -0.00286. The number of benzene rings is 2. The van der Waals surface area contributed by atoms with Crippen LogP contribution in [-0.4, -0.2) is 31.1 Å². The molecule has 1 atom stereocenters. The molecule has 5 nitrogen and oxygen atoms in total. The number of nitrogens with zero attached hydrogens (tertiary/aromatic N) is 1. The number of halogens is 1. The van der Waals surface area contributed by atoms with Gasteiger partial charge < -0.3 is 15.5 Å². The molecule has 1 aliphatic heterocycles. The number of urea groups is 1. The quantitative estimate of drug-likeness (QED) is 0.864. The number of rotatable bonds is 5. The molecule has 1 fully saturated rings. The molecule has 1 heterocycles. The van der Waals surface area contributed by atoms with Gasteiger partial charge in [-0.05, 0) is 36.2 Å². The first kappa shape index (κ1) is 17.3. The summed E-state index contributed by atoms with van der Waals surface area (Å²) in [6.45, 7) is 1.02. The van der Waals surface area contributed by atoms with Crippen molar-refractivity contribution < 1.29 is 9.59 Å². The number of anilines is 1. The molecule has 130 valence electrons. The summed E-state index contributed by atoms with van der Waals surface area (Å²) >= 11 is 5.88. The summed E-state index contributed by atoms with van der Waals surface area (Å²) in [5, 5.41) is 6.33. The lowest BCUT2D eigenvalue weighted by atomic mass is 10.1. The summed E-state index contributed by atoms with van der Waals surface area (Å²) in [5.41, 5.74) is 1.97. The molecule has 25 heavy (non-hydrogen) atoms. The SMILES string of the molecule is O=C(NCCc1ccccc1)NC1CC(=O)N(c2ccc(Cl)cc2)C1. The van der Waals surface area contributed by atoms with E-state index in [2.05, 4.69) is 10.6 Å². The van der Waals surface area contributed by atoms with E-state index < -0.39 is 0 Å². The lowest BCUT2D eigenvalue weighted by molar-refractivity contribution is -0.117. The Hall–Kier alpha value is -2.53. The lowest BCUT2D eigenvalue weighted by Gasteiger charge is -2.17. The van der Waals surface area contributed by atoms with Crippen LogP contribution in [0, 0.1) is 0 Å². The maximum absolute atomic E-state index is 12.2. The zero-order valence-electron chi connectivity index (χ0n) is 13.7. The highest BCUT2D eigenvalue weighted by Crippen LogP contribution is 2.23. The van der Waals surface area contributed by atoms with Gasteiger partial charge in [-0.3, -0.25) is 4.79 Å². The van der Waals surface area contributed by atoms with Crippen molar-refractivity contribution in [2.75, 3.05) is 18.0 Å². The zero-order valence-corrected chi connectivity index (χ0v) is 14.5. The molecule has 1 aliphatic rings. The van der Waals surface area contributed by atoms with Crippen LogP contribution in [-0.2, 0) is 11.2 Å². The summed E-state index contributed by atoms with van der Waals surface area (Å²) < 4.78 is 0. The third kappa shape index (κ3) is 4.73. The third-order valence-electron chi connectivity index (χ3n) is 4.14. The smallest absolute Gasteiger partial charge is 0.315 e. The molecule has 0 spiro atoms. The second-order valence-corrected chi connectivity index (χ2v) is 6.45. The van der Waals surface area contributed by atoms with E-state index in [0.717, 1.165) is 12.1 Å². The van der Waals surface area contributed by atoms with E-state index in [1.807, 2.05) is 42.5 Å². The Morgan fingerprint density at radius 2 is 1.84 bits per heavy atom. The number of carbonyl (C=O) groups is 2. The predicted octanol–water partition coefficient (Wildman–Crippen LogP) is 2.99. The van der Waals surface area contributed by atoms with Crippen LogP contribution in [0.5, 0.6) is 0 Å². The van der Waals surface area contributed by atoms with Crippen LogP contribution >= 0.6 is 11.6 Å². The maximum Gasteiger partial charge on any atom is 0.315 e. The summed E-state index contributed by atoms with van der Waals surface area (Å²) in [4.78, 5) is 25.9. The van der Waals surface area contributed by atoms with E-state index in [9.17, 15) is 9.59 Å². The molecule has 3 amide bonds. The summed E-state index contributed by atoms with van der Waals surface area (Å²) in [7, 11) is 0. The molecular formula is C19H20ClN3O2. The summed E-state index contributed by atoms with van der Waals surface area (Å²) in [6.07, 6.45) is 1.07. The van der Waals surface area contributed by atoms with Crippen molar-refractivity contribution in [2.45, 2.75) is 18.9 Å². The Bertz CT molecular complexity index is 734. The molecule has 0 saturated carbocycles. The molecule has 1 saturated heterocycles. The fourth-order valence-corrected chi connectivity index (χ4v) is 3.00. The molecule has 1 unspecified atom stereocenters. The molecule has 0 aliphatic carbocycles. The number of carbonyl (C=O) groups excluding carboxylic acids is 2. The van der Waals surface area contributed by atoms with Crippen molar-refractivity contribution in [3.8, 4) is 0 Å². The van der Waals surface area contributed by atoms with Gasteiger partial charge in [-0.25, -0.2) is 4.79 Å². The molecule has 2 aromatic rings. The Morgan fingerprint density at radius 1 is 1.12 bits per heavy atom. The molecule has 0 radical (unpaired) electrons. The van der Waals surface area contributed by atoms with Crippen LogP contribution in [0.4, 0.5) is 10.5 Å². The predicted molar refractivity (Wildman–Crippen MR) is 98.9 cm³/mol. The maximum atomic E-state index is 12.2. The van der Waals surface area contributed by atoms with Gasteiger partial charge in [0.05, 0.1) is 6.04 Å². The van der Waals surface area contributed by atoms with Gasteiger partial charge in [-0.2, -0.15) is 0 Å². The highest BCUT2D eigenvalue weighted by atomic mass is 35.5. The number of nitrogens with one attached hydrogen (secondary N) is 2. The topological polar surface area (TPSA) is 61.4 Å². The largest absolute Gasteiger partial charge is 0.338 e. The van der Waals surface area contributed by atoms with Gasteiger partial charge in [0.1, 0.15) is 0 Å². The molecule has 3 rings (SSSR count). The second-order valence-electron chi connectivity index (χ2n) is 6.02. The first-order chi connectivity index (χ1) is 12.1. The molecule has 2 aromatic carbocycles. The van der Waals surface area contributed by atoms with Gasteiger partial charge in [-0.1, -0.05) is 41.9 Å². The number of hydrogen-bond donors (Lipinski definition) is 2. The normalized spacial score (nSPS) is 16.8. The van der Waals surface area contributed by atoms with Crippen molar-refractivity contribution in [3.05, 3.63) is 65.2 Å². The van der Waals surface area contributed by atoms with Crippen LogP contribution in [0.3, 0.4) is 0 Å². The van der Waals surface area contributed by atoms with Gasteiger partial charge in [0.15, 0.2) is 0 Å². The second kappa shape index (κ2) is 8.03. The molecule has 2 N–H and O–H groups in total. The van der Waals surface area contributed by atoms with Crippen molar-refractivity contribution in [1.29, 1.82) is 0 Å². The monoisotopic (exact) mass is 357 g/mol. The van der Waals surface area contributed by atoms with E-state index in [0.29, 0.717) is 24.5 Å². The third-order valence-corrected chi connectivity index (χ3v) is 4.39. The van der Waals surface area contributed by atoms with Crippen LogP contribution < -0.4 is 15.5 Å². The minimum Gasteiger partial charge on any atom is -0.338 e. The van der Waals surface area contributed by atoms with E-state index in [4.69, 9.17) is 11.6 Å². The lowest BCUT2D eigenvalue weighted by Crippen LogP contribution is -2.43. The Labute approximate surface area is 152 Å². The van der Waals surface area contributed by atoms with E-state index in [1.54, 1.807) is 17.0 Å². The van der Waals surface area contributed by atoms with Crippen LogP contribution in [0.15, 0.2) is 54.6 Å². The fraction of sp³-hybridized carbons (Fsp3) is 0.263. The fourth-order valence-electron chi connectivity index (χ4n) is 2.88. The minimum atomic E-state index is -0.244. The Kier molecular flexibility index (Phi) is 5.56. The van der Waals surface area contributed by atoms with Gasteiger partial charge in [0.25, 0.3) is 0 Å². The highest BCUT2D eigenvalue weighted by Gasteiger charge is 2.31. The standard InChI is InChI=1S/C19H20ClN3O2/c20-15-6-8-17(9-7-15)23-13-16(12-18(23)24)22-19(25)21-11-10-14-4-2-1-3-5-14/h1-9,16H,10-13H2,(H2,21,22,25). The average Bonchev–Trinajstić information content (AvgIpc) is 2.96. The van der Waals surface area contributed by atoms with Crippen molar-refractivity contribution >= 4 is 29.2 Å². The first-order valence-electron chi connectivity index (χ1n) is 8.26. The van der Waals surface area contributed by atoms with Crippen molar-refractivity contribution in [1.82, 2.24) is 10.6 Å². The van der Waals surface area contributed by atoms with E-state index in [1.165, 1.54) is 5.56 Å². The Morgan fingerprint density at radius 3 is 2.56 bits per heavy atom. The summed E-state index contributed by atoms with van der Waals surface area (Å²) in [6, 6.07) is 16.7. The van der Waals surface area contributed by atoms with Crippen LogP contribution in [0.2, 0.25) is 5.02 Å². The number of hydrogen-bond acceptors (Lipinski definition) is 2. The van der Waals surface area contributed by atoms with Crippen LogP contribution in [0.1, 0.15) is 12.0 Å². The molecule has 0 aromatic heterocycles. The van der Waals surface area contributed by atoms with Gasteiger partial charge in [-0.15, -0.1) is 0 Å². The molecule has 6 heteroatoms. The molecular weight excluding hydrogens is 338 g/mol. The highest BCUT2D eigenvalue weighted by molar-refractivity contribution is 6.30. The van der Waals surface area contributed by atoms with Gasteiger partial charge >= 0.3 is 6.03 Å². The van der Waals surface area contributed by atoms with Crippen molar-refractivity contribution in [3.63, 3.8) is 0 Å². The van der Waals surface area contributed by atoms with Crippen LogP contribution in [0.25, 0.3) is 0 Å². The van der Waals surface area contributed by atoms with E-state index in [-0.39, 0.29) is 18.0 Å². The zero-order chi connectivity index (χ0) is 17.6. The average molecular weight is 358 g/mol. The first-order valence-corrected chi connectivity index (χ1v) is 8.64. The Balaban J connectivity index is 1.46. The van der Waals surface area contributed by atoms with Gasteiger partial charge in [0.2, 0.25) is 5.91 Å².